The highest BCUT2D eigenvalue weighted by Gasteiger charge is 2.28. The lowest BCUT2D eigenvalue weighted by atomic mass is 10.1. The van der Waals surface area contributed by atoms with Gasteiger partial charge in [0, 0.05) is 36.8 Å². The van der Waals surface area contributed by atoms with Crippen molar-refractivity contribution < 1.29 is 14.6 Å². The molecule has 1 aliphatic rings. The maximum atomic E-state index is 9.95. The molecule has 2 rings (SSSR count). The van der Waals surface area contributed by atoms with Crippen LogP contribution in [-0.4, -0.2) is 56.5 Å². The van der Waals surface area contributed by atoms with Crippen LogP contribution in [0.3, 0.4) is 0 Å². The molecule has 1 fully saturated rings. The number of likely N-dealkylation sites (tertiary alicyclic amines) is 1. The molecule has 112 valence electrons. The van der Waals surface area contributed by atoms with E-state index in [9.17, 15) is 5.11 Å². The summed E-state index contributed by atoms with van der Waals surface area (Å²) >= 11 is 0. The summed E-state index contributed by atoms with van der Waals surface area (Å²) in [5.74, 6) is 1.67. The molecule has 20 heavy (non-hydrogen) atoms. The molecule has 0 aliphatic carbocycles. The first kappa shape index (κ1) is 15.1. The molecule has 0 saturated carbocycles. The Labute approximate surface area is 120 Å². The predicted molar refractivity (Wildman–Crippen MR) is 78.4 cm³/mol. The topological polar surface area (TPSA) is 54.0 Å². The number of β-amino-alcohol motifs (C(OH)–C–C–N with tert-alkyl or cyclic N) is 1. The normalized spacial score (nSPS) is 23.1. The highest BCUT2D eigenvalue weighted by Crippen LogP contribution is 2.31. The van der Waals surface area contributed by atoms with Crippen LogP contribution in [0.5, 0.6) is 11.5 Å². The Kier molecular flexibility index (Phi) is 4.86. The second kappa shape index (κ2) is 6.43. The molecular weight excluding hydrogens is 256 g/mol. The lowest BCUT2D eigenvalue weighted by Gasteiger charge is -2.19. The largest absolute Gasteiger partial charge is 0.496 e. The number of methoxy groups -OCH3 is 2. The van der Waals surface area contributed by atoms with Gasteiger partial charge in [0.25, 0.3) is 0 Å². The van der Waals surface area contributed by atoms with E-state index in [4.69, 9.17) is 9.47 Å². The van der Waals surface area contributed by atoms with Crippen LogP contribution in [0.4, 0.5) is 0 Å². The number of ether oxygens (including phenoxy) is 2. The molecule has 0 bridgehead atoms. The van der Waals surface area contributed by atoms with Crippen molar-refractivity contribution in [2.75, 3.05) is 34.4 Å². The van der Waals surface area contributed by atoms with Gasteiger partial charge in [-0.3, -0.25) is 0 Å². The fraction of sp³-hybridized carbons (Fsp3) is 0.600. The monoisotopic (exact) mass is 280 g/mol. The maximum absolute atomic E-state index is 9.95. The average molecular weight is 280 g/mol. The molecule has 1 heterocycles. The van der Waals surface area contributed by atoms with Gasteiger partial charge in [-0.25, -0.2) is 0 Å². The minimum atomic E-state index is -0.314. The second-order valence-corrected chi connectivity index (χ2v) is 5.36. The smallest absolute Gasteiger partial charge is 0.129 e. The number of aliphatic hydroxyl groups is 1. The Bertz CT molecular complexity index is 465. The third kappa shape index (κ3) is 3.06. The van der Waals surface area contributed by atoms with Gasteiger partial charge in [-0.15, -0.1) is 0 Å². The van der Waals surface area contributed by atoms with E-state index < -0.39 is 0 Å². The highest BCUT2D eigenvalue weighted by molar-refractivity contribution is 5.49. The first-order chi connectivity index (χ1) is 9.56. The van der Waals surface area contributed by atoms with Crippen LogP contribution in [0.1, 0.15) is 11.1 Å². The molecule has 5 heteroatoms. The van der Waals surface area contributed by atoms with E-state index in [2.05, 4.69) is 10.2 Å². The summed E-state index contributed by atoms with van der Waals surface area (Å²) in [4.78, 5) is 2.12. The Morgan fingerprint density at radius 1 is 1.30 bits per heavy atom. The molecule has 2 atom stereocenters. The van der Waals surface area contributed by atoms with Gasteiger partial charge in [0.05, 0.1) is 20.3 Å². The Morgan fingerprint density at radius 2 is 2.05 bits per heavy atom. The lowest BCUT2D eigenvalue weighted by molar-refractivity contribution is 0.156. The number of hydrogen-bond acceptors (Lipinski definition) is 5. The van der Waals surface area contributed by atoms with Gasteiger partial charge in [0.1, 0.15) is 11.5 Å². The van der Waals surface area contributed by atoms with Gasteiger partial charge in [-0.1, -0.05) is 6.07 Å². The molecule has 5 nitrogen and oxygen atoms in total. The molecule has 0 spiro atoms. The van der Waals surface area contributed by atoms with E-state index in [1.54, 1.807) is 14.2 Å². The van der Waals surface area contributed by atoms with Crippen molar-refractivity contribution in [3.05, 3.63) is 23.3 Å². The van der Waals surface area contributed by atoms with Gasteiger partial charge in [-0.05, 0) is 20.0 Å². The summed E-state index contributed by atoms with van der Waals surface area (Å²) in [6, 6.07) is 4.06. The third-order valence-electron chi connectivity index (χ3n) is 3.89. The van der Waals surface area contributed by atoms with Crippen molar-refractivity contribution in [2.45, 2.75) is 25.6 Å². The van der Waals surface area contributed by atoms with Crippen molar-refractivity contribution in [3.8, 4) is 11.5 Å². The fourth-order valence-corrected chi connectivity index (χ4v) is 2.79. The maximum Gasteiger partial charge on any atom is 0.129 e. The Balaban J connectivity index is 2.08. The van der Waals surface area contributed by atoms with Crippen LogP contribution < -0.4 is 14.8 Å². The molecule has 1 saturated heterocycles. The highest BCUT2D eigenvalue weighted by atomic mass is 16.5. The van der Waals surface area contributed by atoms with Crippen molar-refractivity contribution >= 4 is 0 Å². The van der Waals surface area contributed by atoms with E-state index >= 15 is 0 Å². The molecule has 0 amide bonds. The van der Waals surface area contributed by atoms with E-state index in [-0.39, 0.29) is 12.1 Å². The third-order valence-corrected chi connectivity index (χ3v) is 3.89. The standard InChI is InChI=1S/C15H24N2O3/c1-10-14(19-3)6-5-11(15(10)20-4)7-16-12-8-17(2)9-13(12)18/h5-6,12-13,16,18H,7-9H2,1-4H3/t12-,13-/m1/s1. The van der Waals surface area contributed by atoms with Gasteiger partial charge in [0.15, 0.2) is 0 Å². The molecule has 1 aliphatic heterocycles. The summed E-state index contributed by atoms with van der Waals surface area (Å²) < 4.78 is 10.8. The molecule has 1 aromatic rings. The molecule has 2 N–H and O–H groups in total. The van der Waals surface area contributed by atoms with Crippen LogP contribution >= 0.6 is 0 Å². The quantitative estimate of drug-likeness (QED) is 0.835. The number of rotatable bonds is 5. The van der Waals surface area contributed by atoms with Crippen molar-refractivity contribution in [3.63, 3.8) is 0 Å². The first-order valence-electron chi connectivity index (χ1n) is 6.87. The van der Waals surface area contributed by atoms with Crippen molar-refractivity contribution in [2.24, 2.45) is 0 Å². The SMILES string of the molecule is COc1ccc(CN[C@@H]2CN(C)C[C@H]2O)c(OC)c1C. The predicted octanol–water partition coefficient (Wildman–Crippen LogP) is 0.777. The zero-order valence-corrected chi connectivity index (χ0v) is 12.6. The summed E-state index contributed by atoms with van der Waals surface area (Å²) in [5, 5.41) is 13.4. The van der Waals surface area contributed by atoms with E-state index in [0.717, 1.165) is 35.7 Å². The van der Waals surface area contributed by atoms with Crippen LogP contribution in [0, 0.1) is 6.92 Å². The minimum absolute atomic E-state index is 0.104. The molecule has 1 aromatic carbocycles. The van der Waals surface area contributed by atoms with Gasteiger partial charge in [0.2, 0.25) is 0 Å². The van der Waals surface area contributed by atoms with Crippen LogP contribution in [0.15, 0.2) is 12.1 Å². The second-order valence-electron chi connectivity index (χ2n) is 5.36. The molecular formula is C15H24N2O3. The van der Waals surface area contributed by atoms with E-state index in [1.165, 1.54) is 0 Å². The average Bonchev–Trinajstić information content (AvgIpc) is 2.74. The van der Waals surface area contributed by atoms with Crippen molar-refractivity contribution in [1.82, 2.24) is 10.2 Å². The van der Waals surface area contributed by atoms with Crippen LogP contribution in [-0.2, 0) is 6.54 Å². The van der Waals surface area contributed by atoms with Gasteiger partial charge < -0.3 is 24.8 Å². The van der Waals surface area contributed by atoms with Crippen LogP contribution in [0.2, 0.25) is 0 Å². The summed E-state index contributed by atoms with van der Waals surface area (Å²) in [6.45, 7) is 4.23. The number of aliphatic hydroxyl groups excluding tert-OH is 1. The van der Waals surface area contributed by atoms with Crippen LogP contribution in [0.25, 0.3) is 0 Å². The van der Waals surface area contributed by atoms with E-state index in [1.807, 2.05) is 26.1 Å². The lowest BCUT2D eigenvalue weighted by Crippen LogP contribution is -2.38. The summed E-state index contributed by atoms with van der Waals surface area (Å²) in [6.07, 6.45) is -0.314. The number of hydrogen-bond donors (Lipinski definition) is 2. The molecule has 0 aromatic heterocycles. The number of nitrogens with one attached hydrogen (secondary N) is 1. The minimum Gasteiger partial charge on any atom is -0.496 e. The Hall–Kier alpha value is -1.30. The first-order valence-corrected chi connectivity index (χ1v) is 6.87. The summed E-state index contributed by atoms with van der Waals surface area (Å²) in [7, 11) is 5.34. The fourth-order valence-electron chi connectivity index (χ4n) is 2.79. The number of likely N-dealkylation sites (N-methyl/N-ethyl adjacent to an activating group) is 1. The molecule has 0 unspecified atom stereocenters. The Morgan fingerprint density at radius 3 is 2.60 bits per heavy atom. The van der Waals surface area contributed by atoms with Gasteiger partial charge >= 0.3 is 0 Å². The zero-order chi connectivity index (χ0) is 14.7. The summed E-state index contributed by atoms with van der Waals surface area (Å²) in [5.41, 5.74) is 2.07. The zero-order valence-electron chi connectivity index (χ0n) is 12.6. The molecule has 0 radical (unpaired) electrons. The number of benzene rings is 1. The van der Waals surface area contributed by atoms with E-state index in [0.29, 0.717) is 6.54 Å². The number of nitrogens with zero attached hydrogens (tertiary/aromatic N) is 1. The van der Waals surface area contributed by atoms with Gasteiger partial charge in [-0.2, -0.15) is 0 Å². The van der Waals surface area contributed by atoms with Crippen molar-refractivity contribution in [1.29, 1.82) is 0 Å².